The minimum absolute atomic E-state index is 0.232. The Kier molecular flexibility index (Phi) is 4.56. The van der Waals surface area contributed by atoms with Crippen LogP contribution in [-0.2, 0) is 13.1 Å². The molecule has 1 aromatic heterocycles. The molecule has 102 valence electrons. The van der Waals surface area contributed by atoms with Crippen LogP contribution in [0.1, 0.15) is 24.3 Å². The summed E-state index contributed by atoms with van der Waals surface area (Å²) in [4.78, 5) is 3.55. The molecule has 0 aliphatic rings. The SMILES string of the molecule is CC(C)N(Cc1cccs1)c1ccc(F)cc1CN. The molecule has 0 saturated carbocycles. The maximum atomic E-state index is 13.3. The molecule has 0 aliphatic heterocycles. The van der Waals surface area contributed by atoms with Gasteiger partial charge in [-0.1, -0.05) is 6.07 Å². The number of nitrogens with two attached hydrogens (primary N) is 1. The lowest BCUT2D eigenvalue weighted by atomic mass is 10.1. The fourth-order valence-electron chi connectivity index (χ4n) is 2.11. The first-order valence-electron chi connectivity index (χ1n) is 6.39. The highest BCUT2D eigenvalue weighted by Crippen LogP contribution is 2.26. The van der Waals surface area contributed by atoms with Crippen LogP contribution in [0.5, 0.6) is 0 Å². The van der Waals surface area contributed by atoms with E-state index >= 15 is 0 Å². The Bertz CT molecular complexity index is 523. The van der Waals surface area contributed by atoms with Gasteiger partial charge in [-0.15, -0.1) is 11.3 Å². The van der Waals surface area contributed by atoms with Crippen molar-refractivity contribution in [1.82, 2.24) is 0 Å². The molecule has 2 aromatic rings. The van der Waals surface area contributed by atoms with Gasteiger partial charge in [0.05, 0.1) is 6.54 Å². The molecule has 4 heteroatoms. The summed E-state index contributed by atoms with van der Waals surface area (Å²) in [5.74, 6) is -0.232. The van der Waals surface area contributed by atoms with Gasteiger partial charge in [0.25, 0.3) is 0 Å². The summed E-state index contributed by atoms with van der Waals surface area (Å²) in [5, 5.41) is 2.07. The van der Waals surface area contributed by atoms with Gasteiger partial charge < -0.3 is 10.6 Å². The van der Waals surface area contributed by atoms with Crippen LogP contribution in [-0.4, -0.2) is 6.04 Å². The number of thiophene rings is 1. The molecule has 2 N–H and O–H groups in total. The smallest absolute Gasteiger partial charge is 0.123 e. The van der Waals surface area contributed by atoms with Gasteiger partial charge >= 0.3 is 0 Å². The Morgan fingerprint density at radius 2 is 2.11 bits per heavy atom. The van der Waals surface area contributed by atoms with Crippen LogP contribution >= 0.6 is 11.3 Å². The fraction of sp³-hybridized carbons (Fsp3) is 0.333. The van der Waals surface area contributed by atoms with Crippen molar-refractivity contribution < 1.29 is 4.39 Å². The number of rotatable bonds is 5. The Labute approximate surface area is 117 Å². The zero-order valence-electron chi connectivity index (χ0n) is 11.3. The Morgan fingerprint density at radius 1 is 1.32 bits per heavy atom. The van der Waals surface area contributed by atoms with Gasteiger partial charge in [-0.25, -0.2) is 4.39 Å². The number of benzene rings is 1. The van der Waals surface area contributed by atoms with Crippen molar-refractivity contribution in [2.24, 2.45) is 5.73 Å². The molecule has 0 unspecified atom stereocenters. The Morgan fingerprint density at radius 3 is 2.68 bits per heavy atom. The van der Waals surface area contributed by atoms with Crippen molar-refractivity contribution in [3.05, 3.63) is 52.0 Å². The molecular weight excluding hydrogens is 259 g/mol. The highest BCUT2D eigenvalue weighted by Gasteiger charge is 2.15. The molecule has 19 heavy (non-hydrogen) atoms. The second kappa shape index (κ2) is 6.17. The predicted octanol–water partition coefficient (Wildman–Crippen LogP) is 3.76. The van der Waals surface area contributed by atoms with E-state index in [1.54, 1.807) is 11.3 Å². The van der Waals surface area contributed by atoms with E-state index in [-0.39, 0.29) is 5.82 Å². The van der Waals surface area contributed by atoms with Crippen LogP contribution in [0, 0.1) is 5.82 Å². The summed E-state index contributed by atoms with van der Waals surface area (Å²) >= 11 is 1.73. The molecule has 1 heterocycles. The van der Waals surface area contributed by atoms with Gasteiger partial charge in [0.15, 0.2) is 0 Å². The summed E-state index contributed by atoms with van der Waals surface area (Å²) in [5.41, 5.74) is 7.61. The van der Waals surface area contributed by atoms with E-state index in [0.717, 1.165) is 17.8 Å². The van der Waals surface area contributed by atoms with Crippen molar-refractivity contribution in [2.45, 2.75) is 33.0 Å². The average molecular weight is 278 g/mol. The molecule has 0 saturated heterocycles. The molecular formula is C15H19FN2S. The van der Waals surface area contributed by atoms with Crippen molar-refractivity contribution in [2.75, 3.05) is 4.90 Å². The third kappa shape index (κ3) is 3.33. The molecule has 0 aliphatic carbocycles. The maximum Gasteiger partial charge on any atom is 0.123 e. The third-order valence-electron chi connectivity index (χ3n) is 3.10. The highest BCUT2D eigenvalue weighted by molar-refractivity contribution is 7.09. The third-order valence-corrected chi connectivity index (χ3v) is 3.96. The molecule has 0 spiro atoms. The van der Waals surface area contributed by atoms with Gasteiger partial charge in [0.2, 0.25) is 0 Å². The van der Waals surface area contributed by atoms with Crippen LogP contribution in [0.25, 0.3) is 0 Å². The van der Waals surface area contributed by atoms with Gasteiger partial charge in [0, 0.05) is 23.2 Å². The first-order chi connectivity index (χ1) is 9.11. The summed E-state index contributed by atoms with van der Waals surface area (Å²) in [6, 6.07) is 9.35. The van der Waals surface area contributed by atoms with Crippen molar-refractivity contribution in [3.8, 4) is 0 Å². The fourth-order valence-corrected chi connectivity index (χ4v) is 2.82. The van der Waals surface area contributed by atoms with Crippen molar-refractivity contribution >= 4 is 17.0 Å². The monoisotopic (exact) mass is 278 g/mol. The van der Waals surface area contributed by atoms with E-state index in [2.05, 4.69) is 30.2 Å². The summed E-state index contributed by atoms with van der Waals surface area (Å²) < 4.78 is 13.3. The molecule has 0 bridgehead atoms. The first kappa shape index (κ1) is 14.0. The lowest BCUT2D eigenvalue weighted by Gasteiger charge is -2.30. The van der Waals surface area contributed by atoms with E-state index in [4.69, 9.17) is 5.73 Å². The maximum absolute atomic E-state index is 13.3. The van der Waals surface area contributed by atoms with Crippen molar-refractivity contribution in [3.63, 3.8) is 0 Å². The van der Waals surface area contributed by atoms with E-state index < -0.39 is 0 Å². The van der Waals surface area contributed by atoms with Gasteiger partial charge in [0.1, 0.15) is 5.82 Å². The topological polar surface area (TPSA) is 29.3 Å². The summed E-state index contributed by atoms with van der Waals surface area (Å²) in [6.07, 6.45) is 0. The lowest BCUT2D eigenvalue weighted by molar-refractivity contribution is 0.622. The van der Waals surface area contributed by atoms with Gasteiger partial charge in [-0.3, -0.25) is 0 Å². The summed E-state index contributed by atoms with van der Waals surface area (Å²) in [7, 11) is 0. The van der Waals surface area contributed by atoms with E-state index in [1.165, 1.54) is 17.0 Å². The number of hydrogen-bond acceptors (Lipinski definition) is 3. The largest absolute Gasteiger partial charge is 0.364 e. The molecule has 0 fully saturated rings. The van der Waals surface area contributed by atoms with Gasteiger partial charge in [-0.2, -0.15) is 0 Å². The zero-order chi connectivity index (χ0) is 13.8. The number of anilines is 1. The normalized spacial score (nSPS) is 11.0. The van der Waals surface area contributed by atoms with Crippen LogP contribution in [0.15, 0.2) is 35.7 Å². The van der Waals surface area contributed by atoms with Crippen molar-refractivity contribution in [1.29, 1.82) is 0 Å². The summed E-state index contributed by atoms with van der Waals surface area (Å²) in [6.45, 7) is 5.45. The van der Waals surface area contributed by atoms with E-state index in [0.29, 0.717) is 12.6 Å². The molecule has 0 atom stereocenters. The zero-order valence-corrected chi connectivity index (χ0v) is 12.1. The van der Waals surface area contributed by atoms with Crippen LogP contribution < -0.4 is 10.6 Å². The quantitative estimate of drug-likeness (QED) is 0.902. The minimum atomic E-state index is -0.232. The average Bonchev–Trinajstić information content (AvgIpc) is 2.89. The lowest BCUT2D eigenvalue weighted by Crippen LogP contribution is -2.31. The first-order valence-corrected chi connectivity index (χ1v) is 7.27. The standard InChI is InChI=1S/C15H19FN2S/c1-11(2)18(10-14-4-3-7-19-14)15-6-5-13(16)8-12(15)9-17/h3-8,11H,9-10,17H2,1-2H3. The number of hydrogen-bond donors (Lipinski definition) is 1. The van der Waals surface area contributed by atoms with E-state index in [1.807, 2.05) is 12.1 Å². The molecule has 1 aromatic carbocycles. The number of halogens is 1. The van der Waals surface area contributed by atoms with Crippen LogP contribution in [0.3, 0.4) is 0 Å². The molecule has 2 rings (SSSR count). The molecule has 0 radical (unpaired) electrons. The van der Waals surface area contributed by atoms with E-state index in [9.17, 15) is 4.39 Å². The highest BCUT2D eigenvalue weighted by atomic mass is 32.1. The Balaban J connectivity index is 2.33. The predicted molar refractivity (Wildman–Crippen MR) is 79.9 cm³/mol. The molecule has 2 nitrogen and oxygen atoms in total. The second-order valence-electron chi connectivity index (χ2n) is 4.78. The molecule has 0 amide bonds. The second-order valence-corrected chi connectivity index (χ2v) is 5.81. The van der Waals surface area contributed by atoms with Gasteiger partial charge in [-0.05, 0) is 49.1 Å². The van der Waals surface area contributed by atoms with Crippen LogP contribution in [0.4, 0.5) is 10.1 Å². The Hall–Kier alpha value is -1.39. The minimum Gasteiger partial charge on any atom is -0.364 e. The van der Waals surface area contributed by atoms with Crippen LogP contribution in [0.2, 0.25) is 0 Å². The number of nitrogens with zero attached hydrogens (tertiary/aromatic N) is 1.